The van der Waals surface area contributed by atoms with Crippen molar-refractivity contribution in [2.75, 3.05) is 12.4 Å². The molecule has 1 aromatic heterocycles. The van der Waals surface area contributed by atoms with Gasteiger partial charge in [0.15, 0.2) is 9.84 Å². The third-order valence-corrected chi connectivity index (χ3v) is 6.01. The van der Waals surface area contributed by atoms with Crippen molar-refractivity contribution in [3.05, 3.63) is 77.5 Å². The monoisotopic (exact) mass is 409 g/mol. The first kappa shape index (κ1) is 18.9. The minimum atomic E-state index is -3.25. The topological polar surface area (TPSA) is 90.3 Å². The molecule has 1 amide bonds. The average molecular weight is 409 g/mol. The molecule has 0 saturated heterocycles. The van der Waals surface area contributed by atoms with Crippen molar-refractivity contribution in [3.63, 3.8) is 0 Å². The number of nitrogens with one attached hydrogen (secondary N) is 1. The van der Waals surface area contributed by atoms with Crippen molar-refractivity contribution < 1.29 is 17.9 Å². The molecule has 0 radical (unpaired) electrons. The van der Waals surface area contributed by atoms with Crippen LogP contribution in [0, 0.1) is 0 Å². The molecule has 4 rings (SSSR count). The Labute approximate surface area is 168 Å². The second kappa shape index (κ2) is 7.56. The maximum Gasteiger partial charge on any atom is 0.249 e. The Bertz CT molecular complexity index is 1180. The Morgan fingerprint density at radius 3 is 2.52 bits per heavy atom. The van der Waals surface area contributed by atoms with E-state index in [1.807, 2.05) is 30.3 Å². The number of nitrogens with zero attached hydrogens (tertiary/aromatic N) is 2. The summed E-state index contributed by atoms with van der Waals surface area (Å²) in [6, 6.07) is 16.6. The zero-order chi connectivity index (χ0) is 20.4. The molecule has 1 aliphatic heterocycles. The van der Waals surface area contributed by atoms with Gasteiger partial charge in [0.25, 0.3) is 0 Å². The van der Waals surface area contributed by atoms with Crippen LogP contribution in [0.25, 0.3) is 11.8 Å². The zero-order valence-electron chi connectivity index (χ0n) is 15.7. The first-order valence-electron chi connectivity index (χ1n) is 8.95. The van der Waals surface area contributed by atoms with E-state index in [0.29, 0.717) is 28.5 Å². The molecule has 0 saturated carbocycles. The van der Waals surface area contributed by atoms with Gasteiger partial charge < -0.3 is 10.1 Å². The smallest absolute Gasteiger partial charge is 0.249 e. The van der Waals surface area contributed by atoms with Gasteiger partial charge in [-0.1, -0.05) is 30.3 Å². The number of carbonyl (C=O) groups is 1. The summed E-state index contributed by atoms with van der Waals surface area (Å²) in [6.07, 6.45) is 3.11. The third kappa shape index (κ3) is 4.07. The fourth-order valence-corrected chi connectivity index (χ4v) is 4.67. The van der Waals surface area contributed by atoms with Crippen molar-refractivity contribution in [2.24, 2.45) is 0 Å². The van der Waals surface area contributed by atoms with Gasteiger partial charge in [-0.15, -0.1) is 0 Å². The van der Waals surface area contributed by atoms with Crippen molar-refractivity contribution >= 4 is 27.6 Å². The highest BCUT2D eigenvalue weighted by Gasteiger charge is 2.33. The number of ether oxygens (including phenoxy) is 1. The standard InChI is InChI=1S/C21H19N3O4S/c1-28-17-10-8-16(9-11-17)24-21(18-13-29(26,27)14-19(18)23-24)22-20(25)12-7-15-5-3-2-4-6-15/h2-12H,13-14H2,1H3,(H,22,25)/b12-7+. The maximum absolute atomic E-state index is 12.5. The number of carbonyl (C=O) groups excluding carboxylic acids is 1. The molecule has 0 fully saturated rings. The van der Waals surface area contributed by atoms with Crippen LogP contribution in [-0.4, -0.2) is 31.2 Å². The molecule has 29 heavy (non-hydrogen) atoms. The van der Waals surface area contributed by atoms with Gasteiger partial charge >= 0.3 is 0 Å². The first-order chi connectivity index (χ1) is 13.9. The van der Waals surface area contributed by atoms with E-state index in [-0.39, 0.29) is 17.4 Å². The van der Waals surface area contributed by atoms with E-state index < -0.39 is 9.84 Å². The van der Waals surface area contributed by atoms with Crippen LogP contribution in [0.4, 0.5) is 5.82 Å². The minimum Gasteiger partial charge on any atom is -0.497 e. The molecule has 0 atom stereocenters. The van der Waals surface area contributed by atoms with Crippen LogP contribution in [0.5, 0.6) is 5.75 Å². The summed E-state index contributed by atoms with van der Waals surface area (Å²) in [7, 11) is -1.67. The second-order valence-corrected chi connectivity index (χ2v) is 8.71. The largest absolute Gasteiger partial charge is 0.497 e. The molecule has 0 aliphatic carbocycles. The summed E-state index contributed by atoms with van der Waals surface area (Å²) >= 11 is 0. The molecule has 2 heterocycles. The molecule has 0 bridgehead atoms. The number of aromatic nitrogens is 2. The summed E-state index contributed by atoms with van der Waals surface area (Å²) in [5.41, 5.74) is 2.57. The van der Waals surface area contributed by atoms with E-state index in [0.717, 1.165) is 5.56 Å². The highest BCUT2D eigenvalue weighted by molar-refractivity contribution is 7.90. The lowest BCUT2D eigenvalue weighted by Gasteiger charge is -2.10. The number of hydrogen-bond acceptors (Lipinski definition) is 5. The van der Waals surface area contributed by atoms with E-state index in [1.165, 1.54) is 6.08 Å². The van der Waals surface area contributed by atoms with Gasteiger partial charge in [0.2, 0.25) is 5.91 Å². The maximum atomic E-state index is 12.5. The lowest BCUT2D eigenvalue weighted by atomic mass is 10.2. The lowest BCUT2D eigenvalue weighted by Crippen LogP contribution is -2.14. The molecule has 1 aliphatic rings. The molecular formula is C21H19N3O4S. The quantitative estimate of drug-likeness (QED) is 0.655. The van der Waals surface area contributed by atoms with Crippen molar-refractivity contribution in [1.82, 2.24) is 9.78 Å². The van der Waals surface area contributed by atoms with Gasteiger partial charge in [0.1, 0.15) is 11.6 Å². The second-order valence-electron chi connectivity index (χ2n) is 6.65. The molecule has 2 aromatic carbocycles. The molecule has 8 heteroatoms. The lowest BCUT2D eigenvalue weighted by molar-refractivity contribution is -0.111. The van der Waals surface area contributed by atoms with Crippen LogP contribution in [0.15, 0.2) is 60.7 Å². The Kier molecular flexibility index (Phi) is 4.94. The van der Waals surface area contributed by atoms with Gasteiger partial charge in [-0.05, 0) is 35.9 Å². The van der Waals surface area contributed by atoms with Gasteiger partial charge in [-0.25, -0.2) is 13.1 Å². The van der Waals surface area contributed by atoms with Crippen molar-refractivity contribution in [3.8, 4) is 11.4 Å². The number of anilines is 1. The van der Waals surface area contributed by atoms with Crippen molar-refractivity contribution in [1.29, 1.82) is 0 Å². The van der Waals surface area contributed by atoms with Crippen LogP contribution in [-0.2, 0) is 26.1 Å². The molecule has 148 valence electrons. The van der Waals surface area contributed by atoms with Crippen LogP contribution >= 0.6 is 0 Å². The normalized spacial score (nSPS) is 14.7. The van der Waals surface area contributed by atoms with Gasteiger partial charge in [-0.2, -0.15) is 5.10 Å². The predicted octanol–water partition coefficient (Wildman–Crippen LogP) is 2.96. The van der Waals surface area contributed by atoms with E-state index in [4.69, 9.17) is 4.74 Å². The highest BCUT2D eigenvalue weighted by Crippen LogP contribution is 2.33. The number of hydrogen-bond donors (Lipinski definition) is 1. The molecule has 7 nitrogen and oxygen atoms in total. The van der Waals surface area contributed by atoms with E-state index >= 15 is 0 Å². The van der Waals surface area contributed by atoms with Crippen LogP contribution in [0.2, 0.25) is 0 Å². The number of rotatable bonds is 5. The Hall–Kier alpha value is -3.39. The van der Waals surface area contributed by atoms with E-state index in [9.17, 15) is 13.2 Å². The number of sulfone groups is 1. The SMILES string of the molecule is COc1ccc(-n2nc3c(c2NC(=O)/C=C/c2ccccc2)CS(=O)(=O)C3)cc1. The molecule has 0 spiro atoms. The summed E-state index contributed by atoms with van der Waals surface area (Å²) in [5, 5.41) is 7.25. The van der Waals surface area contributed by atoms with Crippen molar-refractivity contribution in [2.45, 2.75) is 11.5 Å². The van der Waals surface area contributed by atoms with Crippen LogP contribution in [0.3, 0.4) is 0 Å². The molecule has 3 aromatic rings. The Morgan fingerprint density at radius 1 is 1.10 bits per heavy atom. The van der Waals surface area contributed by atoms with Gasteiger partial charge in [0, 0.05) is 11.6 Å². The summed E-state index contributed by atoms with van der Waals surface area (Å²) in [4.78, 5) is 12.5. The third-order valence-electron chi connectivity index (χ3n) is 4.57. The van der Waals surface area contributed by atoms with Crippen LogP contribution < -0.4 is 10.1 Å². The highest BCUT2D eigenvalue weighted by atomic mass is 32.2. The predicted molar refractivity (Wildman–Crippen MR) is 111 cm³/mol. The number of amides is 1. The van der Waals surface area contributed by atoms with Crippen LogP contribution in [0.1, 0.15) is 16.8 Å². The number of fused-ring (bicyclic) bond motifs is 1. The van der Waals surface area contributed by atoms with E-state index in [1.54, 1.807) is 42.1 Å². The van der Waals surface area contributed by atoms with Gasteiger partial charge in [-0.3, -0.25) is 4.79 Å². The average Bonchev–Trinajstić information content (AvgIpc) is 3.19. The number of benzene rings is 2. The number of methoxy groups -OCH3 is 1. The minimum absolute atomic E-state index is 0.131. The summed E-state index contributed by atoms with van der Waals surface area (Å²) in [6.45, 7) is 0. The fraction of sp³-hybridized carbons (Fsp3) is 0.143. The Morgan fingerprint density at radius 2 is 1.83 bits per heavy atom. The fourth-order valence-electron chi connectivity index (χ4n) is 3.18. The van der Waals surface area contributed by atoms with E-state index in [2.05, 4.69) is 10.4 Å². The molecular weight excluding hydrogens is 390 g/mol. The molecule has 1 N–H and O–H groups in total. The Balaban J connectivity index is 1.67. The summed E-state index contributed by atoms with van der Waals surface area (Å²) in [5.74, 6) is 0.419. The summed E-state index contributed by atoms with van der Waals surface area (Å²) < 4.78 is 30.8. The first-order valence-corrected chi connectivity index (χ1v) is 10.8. The van der Waals surface area contributed by atoms with Gasteiger partial charge in [0.05, 0.1) is 30.0 Å². The molecule has 0 unspecified atom stereocenters. The zero-order valence-corrected chi connectivity index (χ0v) is 16.5.